The van der Waals surface area contributed by atoms with Crippen molar-refractivity contribution in [1.82, 2.24) is 10.2 Å². The molecule has 2 rings (SSSR count). The lowest BCUT2D eigenvalue weighted by Crippen LogP contribution is -2.52. The van der Waals surface area contributed by atoms with Gasteiger partial charge in [-0.05, 0) is 32.4 Å². The van der Waals surface area contributed by atoms with Crippen molar-refractivity contribution in [2.45, 2.75) is 39.7 Å². The molecule has 0 radical (unpaired) electrons. The van der Waals surface area contributed by atoms with Gasteiger partial charge in [0, 0.05) is 31.2 Å². The van der Waals surface area contributed by atoms with Crippen molar-refractivity contribution in [3.63, 3.8) is 0 Å². The van der Waals surface area contributed by atoms with Gasteiger partial charge in [-0.1, -0.05) is 24.9 Å². The minimum absolute atomic E-state index is 0. The molecule has 1 aliphatic rings. The Balaban J connectivity index is 0.00000312. The first kappa shape index (κ1) is 21.9. The summed E-state index contributed by atoms with van der Waals surface area (Å²) in [6.07, 6.45) is 1.99. The van der Waals surface area contributed by atoms with E-state index in [1.54, 1.807) is 12.1 Å². The molecule has 1 saturated heterocycles. The summed E-state index contributed by atoms with van der Waals surface area (Å²) in [4.78, 5) is 14.7. The Kier molecular flexibility index (Phi) is 9.39. The summed E-state index contributed by atoms with van der Waals surface area (Å²) in [6.45, 7) is 9.41. The van der Waals surface area contributed by atoms with Crippen LogP contribution in [0.3, 0.4) is 0 Å². The van der Waals surface area contributed by atoms with Crippen LogP contribution in [0.1, 0.15) is 44.0 Å². The van der Waals surface area contributed by atoms with Gasteiger partial charge in [0.05, 0.1) is 18.2 Å². The van der Waals surface area contributed by atoms with Crippen LogP contribution in [0.2, 0.25) is 5.02 Å². The molecule has 142 valence electrons. The lowest BCUT2D eigenvalue weighted by atomic mass is 10.1. The van der Waals surface area contributed by atoms with Gasteiger partial charge < -0.3 is 19.7 Å². The van der Waals surface area contributed by atoms with E-state index in [0.29, 0.717) is 41.8 Å². The van der Waals surface area contributed by atoms with Crippen molar-refractivity contribution >= 4 is 29.9 Å². The van der Waals surface area contributed by atoms with Gasteiger partial charge in [-0.3, -0.25) is 4.79 Å². The van der Waals surface area contributed by atoms with Gasteiger partial charge >= 0.3 is 0 Å². The molecule has 0 spiro atoms. The molecule has 1 heterocycles. The molecule has 1 aliphatic heterocycles. The number of amides is 1. The molecular weight excluding hydrogens is 363 g/mol. The Morgan fingerprint density at radius 3 is 2.76 bits per heavy atom. The number of piperazine rings is 1. The second kappa shape index (κ2) is 10.7. The Labute approximate surface area is 161 Å². The van der Waals surface area contributed by atoms with Crippen LogP contribution in [0.25, 0.3) is 0 Å². The number of carbonyl (C=O) groups excluding carboxylic acids is 1. The molecule has 1 atom stereocenters. The summed E-state index contributed by atoms with van der Waals surface area (Å²) >= 11 is 6.38. The molecule has 0 bridgehead atoms. The standard InChI is InChI=1S/C18H27ClN2O3.ClH/c1-4-6-9-24-17-15(19)10-14(11-16(17)23-5-2)18(22)21-8-7-20-12-13(21)3;/h10-11,13,20H,4-9,12H2,1-3H3;1H. The Hall–Kier alpha value is -1.17. The van der Waals surface area contributed by atoms with Crippen LogP contribution in [0.5, 0.6) is 11.5 Å². The van der Waals surface area contributed by atoms with E-state index < -0.39 is 0 Å². The fourth-order valence-corrected chi connectivity index (χ4v) is 2.99. The number of unbranched alkanes of at least 4 members (excludes halogenated alkanes) is 1. The number of halogens is 2. The molecule has 5 nitrogen and oxygen atoms in total. The van der Waals surface area contributed by atoms with Crippen molar-refractivity contribution in [2.75, 3.05) is 32.8 Å². The molecule has 1 fully saturated rings. The molecular formula is C18H28Cl2N2O3. The van der Waals surface area contributed by atoms with Gasteiger partial charge in [-0.2, -0.15) is 0 Å². The summed E-state index contributed by atoms with van der Waals surface area (Å²) < 4.78 is 11.4. The summed E-state index contributed by atoms with van der Waals surface area (Å²) in [5, 5.41) is 3.71. The average molecular weight is 391 g/mol. The third kappa shape index (κ3) is 5.66. The first-order chi connectivity index (χ1) is 11.6. The first-order valence-electron chi connectivity index (χ1n) is 8.69. The number of hydrogen-bond acceptors (Lipinski definition) is 4. The zero-order valence-corrected chi connectivity index (χ0v) is 16.7. The zero-order chi connectivity index (χ0) is 17.5. The van der Waals surface area contributed by atoms with Crippen LogP contribution in [-0.4, -0.2) is 49.7 Å². The smallest absolute Gasteiger partial charge is 0.254 e. The number of rotatable bonds is 7. The van der Waals surface area contributed by atoms with E-state index in [4.69, 9.17) is 21.1 Å². The molecule has 1 amide bonds. The number of nitrogens with zero attached hydrogens (tertiary/aromatic N) is 1. The molecule has 0 aromatic heterocycles. The zero-order valence-electron chi connectivity index (χ0n) is 15.1. The minimum Gasteiger partial charge on any atom is -0.490 e. The fraction of sp³-hybridized carbons (Fsp3) is 0.611. The number of benzene rings is 1. The largest absolute Gasteiger partial charge is 0.490 e. The Morgan fingerprint density at radius 2 is 2.12 bits per heavy atom. The van der Waals surface area contributed by atoms with Crippen molar-refractivity contribution in [1.29, 1.82) is 0 Å². The normalized spacial score (nSPS) is 17.0. The highest BCUT2D eigenvalue weighted by atomic mass is 35.5. The van der Waals surface area contributed by atoms with Crippen LogP contribution < -0.4 is 14.8 Å². The third-order valence-electron chi connectivity index (χ3n) is 4.06. The molecule has 1 aromatic rings. The minimum atomic E-state index is -0.0213. The highest BCUT2D eigenvalue weighted by Crippen LogP contribution is 2.37. The first-order valence-corrected chi connectivity index (χ1v) is 9.07. The van der Waals surface area contributed by atoms with Gasteiger partial charge in [0.2, 0.25) is 0 Å². The lowest BCUT2D eigenvalue weighted by molar-refractivity contribution is 0.0655. The summed E-state index contributed by atoms with van der Waals surface area (Å²) in [6, 6.07) is 3.58. The van der Waals surface area contributed by atoms with Gasteiger partial charge in [-0.25, -0.2) is 0 Å². The van der Waals surface area contributed by atoms with E-state index in [1.165, 1.54) is 0 Å². The van der Waals surface area contributed by atoms with Crippen LogP contribution in [0, 0.1) is 0 Å². The second-order valence-electron chi connectivity index (χ2n) is 5.97. The van der Waals surface area contributed by atoms with E-state index >= 15 is 0 Å². The number of carbonyl (C=O) groups is 1. The molecule has 1 N–H and O–H groups in total. The maximum absolute atomic E-state index is 12.8. The molecule has 25 heavy (non-hydrogen) atoms. The highest BCUT2D eigenvalue weighted by Gasteiger charge is 2.26. The van der Waals surface area contributed by atoms with Crippen molar-refractivity contribution in [2.24, 2.45) is 0 Å². The maximum Gasteiger partial charge on any atom is 0.254 e. The van der Waals surface area contributed by atoms with E-state index in [9.17, 15) is 4.79 Å². The van der Waals surface area contributed by atoms with Crippen LogP contribution >= 0.6 is 24.0 Å². The third-order valence-corrected chi connectivity index (χ3v) is 4.34. The highest BCUT2D eigenvalue weighted by molar-refractivity contribution is 6.32. The van der Waals surface area contributed by atoms with E-state index in [2.05, 4.69) is 12.2 Å². The lowest BCUT2D eigenvalue weighted by Gasteiger charge is -2.34. The Bertz CT molecular complexity index is 569. The summed E-state index contributed by atoms with van der Waals surface area (Å²) in [5.41, 5.74) is 0.542. The molecule has 7 heteroatoms. The van der Waals surface area contributed by atoms with Crippen LogP contribution in [-0.2, 0) is 0 Å². The van der Waals surface area contributed by atoms with Gasteiger partial charge in [0.25, 0.3) is 5.91 Å². The topological polar surface area (TPSA) is 50.8 Å². The van der Waals surface area contributed by atoms with Crippen molar-refractivity contribution in [3.05, 3.63) is 22.7 Å². The molecule has 0 aliphatic carbocycles. The molecule has 0 saturated carbocycles. The summed E-state index contributed by atoms with van der Waals surface area (Å²) in [5.74, 6) is 1.04. The van der Waals surface area contributed by atoms with Gasteiger partial charge in [0.1, 0.15) is 0 Å². The van der Waals surface area contributed by atoms with E-state index in [0.717, 1.165) is 25.9 Å². The molecule has 1 unspecified atom stereocenters. The van der Waals surface area contributed by atoms with Crippen LogP contribution in [0.15, 0.2) is 12.1 Å². The van der Waals surface area contributed by atoms with Gasteiger partial charge in [-0.15, -0.1) is 12.4 Å². The van der Waals surface area contributed by atoms with E-state index in [-0.39, 0.29) is 24.4 Å². The SMILES string of the molecule is CCCCOc1c(Cl)cc(C(=O)N2CCNCC2C)cc1OCC.Cl. The number of ether oxygens (including phenoxy) is 2. The van der Waals surface area contributed by atoms with Gasteiger partial charge in [0.15, 0.2) is 11.5 Å². The fourth-order valence-electron chi connectivity index (χ4n) is 2.72. The predicted octanol–water partition coefficient (Wildman–Crippen LogP) is 3.77. The summed E-state index contributed by atoms with van der Waals surface area (Å²) in [7, 11) is 0. The van der Waals surface area contributed by atoms with E-state index in [1.807, 2.05) is 18.7 Å². The molecule has 1 aromatic carbocycles. The van der Waals surface area contributed by atoms with Crippen molar-refractivity contribution < 1.29 is 14.3 Å². The Morgan fingerprint density at radius 1 is 1.36 bits per heavy atom. The second-order valence-corrected chi connectivity index (χ2v) is 6.38. The maximum atomic E-state index is 12.8. The predicted molar refractivity (Wildman–Crippen MR) is 104 cm³/mol. The number of nitrogens with one attached hydrogen (secondary N) is 1. The monoisotopic (exact) mass is 390 g/mol. The van der Waals surface area contributed by atoms with Crippen molar-refractivity contribution in [3.8, 4) is 11.5 Å². The van der Waals surface area contributed by atoms with Crippen LogP contribution in [0.4, 0.5) is 0 Å². The average Bonchev–Trinajstić information content (AvgIpc) is 2.57. The quantitative estimate of drug-likeness (QED) is 0.719. The number of hydrogen-bond donors (Lipinski definition) is 1.